The lowest BCUT2D eigenvalue weighted by molar-refractivity contribution is 0.0685. The van der Waals surface area contributed by atoms with Crippen LogP contribution >= 0.6 is 11.6 Å². The Kier molecular flexibility index (Phi) is 2.90. The van der Waals surface area contributed by atoms with Crippen LogP contribution in [0.25, 0.3) is 10.9 Å². The summed E-state index contributed by atoms with van der Waals surface area (Å²) in [6.45, 7) is 2.24. The molecule has 0 saturated heterocycles. The molecule has 1 N–H and O–H groups in total. The first kappa shape index (κ1) is 11.7. The van der Waals surface area contributed by atoms with Crippen molar-refractivity contribution >= 4 is 28.5 Å². The largest absolute Gasteiger partial charge is 0.477 e. The molecule has 0 spiro atoms. The molecule has 1 heterocycles. The normalized spacial score (nSPS) is 10.7. The Hall–Kier alpha value is -1.81. The maximum atomic E-state index is 11.8. The van der Waals surface area contributed by atoms with Crippen molar-refractivity contribution < 1.29 is 9.90 Å². The van der Waals surface area contributed by atoms with E-state index in [9.17, 15) is 9.59 Å². The highest BCUT2D eigenvalue weighted by atomic mass is 35.5. The molecule has 4 nitrogen and oxygen atoms in total. The maximum Gasteiger partial charge on any atom is 0.352 e. The fourth-order valence-electron chi connectivity index (χ4n) is 1.89. The number of benzene rings is 1. The van der Waals surface area contributed by atoms with Gasteiger partial charge in [-0.15, -0.1) is 0 Å². The number of halogens is 1. The third-order valence-corrected chi connectivity index (χ3v) is 2.92. The molecule has 0 atom stereocenters. The lowest BCUT2D eigenvalue weighted by atomic mass is 10.1. The van der Waals surface area contributed by atoms with E-state index in [0.29, 0.717) is 22.5 Å². The van der Waals surface area contributed by atoms with Crippen molar-refractivity contribution in [2.24, 2.45) is 0 Å². The average Bonchev–Trinajstić information content (AvgIpc) is 2.29. The lowest BCUT2D eigenvalue weighted by Crippen LogP contribution is -2.17. The van der Waals surface area contributed by atoms with Gasteiger partial charge in [-0.05, 0) is 19.1 Å². The van der Waals surface area contributed by atoms with Crippen molar-refractivity contribution in [1.82, 2.24) is 4.57 Å². The average molecular weight is 252 g/mol. The van der Waals surface area contributed by atoms with Crippen molar-refractivity contribution in [3.05, 3.63) is 45.2 Å². The van der Waals surface area contributed by atoms with Crippen molar-refractivity contribution in [2.45, 2.75) is 13.5 Å². The Morgan fingerprint density at radius 2 is 2.18 bits per heavy atom. The number of carboxylic acids is 1. The van der Waals surface area contributed by atoms with Gasteiger partial charge < -0.3 is 9.67 Å². The van der Waals surface area contributed by atoms with Gasteiger partial charge >= 0.3 is 5.97 Å². The molecule has 1 aromatic carbocycles. The standard InChI is InChI=1S/C12H10ClNO3/c1-2-14-9(12(16)17)6-10(15)7-4-3-5-8(13)11(7)14/h3-6H,2H2,1H3,(H,16,17). The van der Waals surface area contributed by atoms with Gasteiger partial charge in [-0.3, -0.25) is 4.79 Å². The van der Waals surface area contributed by atoms with Crippen LogP contribution in [0.1, 0.15) is 17.4 Å². The van der Waals surface area contributed by atoms with Gasteiger partial charge in [0.15, 0.2) is 5.43 Å². The lowest BCUT2D eigenvalue weighted by Gasteiger charge is -2.13. The number of hydrogen-bond donors (Lipinski definition) is 1. The molecule has 0 aliphatic rings. The number of aromatic nitrogens is 1. The number of aryl methyl sites for hydroxylation is 1. The second-order valence-corrected chi connectivity index (χ2v) is 3.99. The predicted molar refractivity (Wildman–Crippen MR) is 65.9 cm³/mol. The van der Waals surface area contributed by atoms with Crippen LogP contribution in [0.2, 0.25) is 5.02 Å². The summed E-state index contributed by atoms with van der Waals surface area (Å²) in [7, 11) is 0. The van der Waals surface area contributed by atoms with E-state index in [1.54, 1.807) is 25.1 Å². The molecule has 0 bridgehead atoms. The zero-order valence-electron chi connectivity index (χ0n) is 9.11. The molecule has 2 aromatic rings. The first-order valence-corrected chi connectivity index (χ1v) is 5.49. The van der Waals surface area contributed by atoms with Gasteiger partial charge in [0.25, 0.3) is 0 Å². The second kappa shape index (κ2) is 4.22. The van der Waals surface area contributed by atoms with Gasteiger partial charge in [0.1, 0.15) is 5.69 Å². The van der Waals surface area contributed by atoms with Crippen LogP contribution in [-0.4, -0.2) is 15.6 Å². The molecule has 5 heteroatoms. The number of rotatable bonds is 2. The number of carboxylic acid groups (broad SMARTS) is 1. The summed E-state index contributed by atoms with van der Waals surface area (Å²) in [5.41, 5.74) is 0.101. The Bertz CT molecular complexity index is 661. The third-order valence-electron chi connectivity index (χ3n) is 2.62. The van der Waals surface area contributed by atoms with E-state index in [-0.39, 0.29) is 11.1 Å². The first-order valence-electron chi connectivity index (χ1n) is 5.11. The van der Waals surface area contributed by atoms with Gasteiger partial charge in [0, 0.05) is 18.0 Å². The zero-order valence-corrected chi connectivity index (χ0v) is 9.86. The molecule has 0 amide bonds. The van der Waals surface area contributed by atoms with Crippen LogP contribution in [0, 0.1) is 0 Å². The van der Waals surface area contributed by atoms with Gasteiger partial charge in [-0.1, -0.05) is 17.7 Å². The van der Waals surface area contributed by atoms with Crippen molar-refractivity contribution in [3.8, 4) is 0 Å². The molecular weight excluding hydrogens is 242 g/mol. The molecule has 0 radical (unpaired) electrons. The van der Waals surface area contributed by atoms with E-state index in [2.05, 4.69) is 0 Å². The number of carbonyl (C=O) groups is 1. The fraction of sp³-hybridized carbons (Fsp3) is 0.167. The number of fused-ring (bicyclic) bond motifs is 1. The van der Waals surface area contributed by atoms with Gasteiger partial charge in [-0.25, -0.2) is 4.79 Å². The van der Waals surface area contributed by atoms with Crippen molar-refractivity contribution in [2.75, 3.05) is 0 Å². The minimum atomic E-state index is -1.13. The van der Waals surface area contributed by atoms with Gasteiger partial charge in [0.2, 0.25) is 0 Å². The molecule has 0 aliphatic carbocycles. The highest BCUT2D eigenvalue weighted by molar-refractivity contribution is 6.35. The summed E-state index contributed by atoms with van der Waals surface area (Å²) >= 11 is 6.04. The van der Waals surface area contributed by atoms with Crippen LogP contribution < -0.4 is 5.43 Å². The fourth-order valence-corrected chi connectivity index (χ4v) is 2.17. The molecule has 0 fully saturated rings. The summed E-state index contributed by atoms with van der Waals surface area (Å²) in [5.74, 6) is -1.13. The minimum absolute atomic E-state index is 0.0434. The first-order chi connectivity index (χ1) is 8.06. The van der Waals surface area contributed by atoms with E-state index in [0.717, 1.165) is 6.07 Å². The van der Waals surface area contributed by atoms with Crippen LogP contribution in [0.4, 0.5) is 0 Å². The number of nitrogens with zero attached hydrogens (tertiary/aromatic N) is 1. The summed E-state index contributed by atoms with van der Waals surface area (Å²) in [5, 5.41) is 9.88. The Balaban J connectivity index is 3.04. The van der Waals surface area contributed by atoms with E-state index in [1.165, 1.54) is 4.57 Å². The molecule has 88 valence electrons. The smallest absolute Gasteiger partial charge is 0.352 e. The van der Waals surface area contributed by atoms with Crippen LogP contribution in [0.15, 0.2) is 29.1 Å². The zero-order chi connectivity index (χ0) is 12.6. The molecule has 0 aliphatic heterocycles. The van der Waals surface area contributed by atoms with Crippen LogP contribution in [0.3, 0.4) is 0 Å². The summed E-state index contributed by atoms with van der Waals surface area (Å²) in [6.07, 6.45) is 0. The molecule has 17 heavy (non-hydrogen) atoms. The number of hydrogen-bond acceptors (Lipinski definition) is 2. The topological polar surface area (TPSA) is 59.3 Å². The van der Waals surface area contributed by atoms with Gasteiger partial charge in [0.05, 0.1) is 10.5 Å². The molecule has 0 unspecified atom stereocenters. The Labute approximate surface area is 102 Å². The maximum absolute atomic E-state index is 11.8. The quantitative estimate of drug-likeness (QED) is 0.891. The summed E-state index contributed by atoms with van der Waals surface area (Å²) in [6, 6.07) is 6.08. The summed E-state index contributed by atoms with van der Waals surface area (Å²) < 4.78 is 1.53. The van der Waals surface area contributed by atoms with Crippen molar-refractivity contribution in [3.63, 3.8) is 0 Å². The van der Waals surface area contributed by atoms with E-state index in [4.69, 9.17) is 16.7 Å². The number of aromatic carboxylic acids is 1. The minimum Gasteiger partial charge on any atom is -0.477 e. The molecule has 1 aromatic heterocycles. The third kappa shape index (κ3) is 1.80. The Morgan fingerprint density at radius 3 is 2.76 bits per heavy atom. The van der Waals surface area contributed by atoms with Crippen molar-refractivity contribution in [1.29, 1.82) is 0 Å². The second-order valence-electron chi connectivity index (χ2n) is 3.58. The molecule has 0 saturated carbocycles. The SMILES string of the molecule is CCn1c(C(=O)O)cc(=O)c2cccc(Cl)c21. The predicted octanol–water partition coefficient (Wildman–Crippen LogP) is 2.37. The van der Waals surface area contributed by atoms with Gasteiger partial charge in [-0.2, -0.15) is 0 Å². The van der Waals surface area contributed by atoms with E-state index in [1.807, 2.05) is 0 Å². The highest BCUT2D eigenvalue weighted by Crippen LogP contribution is 2.22. The number of pyridine rings is 1. The number of para-hydroxylation sites is 1. The van der Waals surface area contributed by atoms with E-state index < -0.39 is 5.97 Å². The van der Waals surface area contributed by atoms with E-state index >= 15 is 0 Å². The monoisotopic (exact) mass is 251 g/mol. The van der Waals surface area contributed by atoms with Crippen LogP contribution in [-0.2, 0) is 6.54 Å². The Morgan fingerprint density at radius 1 is 1.47 bits per heavy atom. The summed E-state index contributed by atoms with van der Waals surface area (Å²) in [4.78, 5) is 22.9. The van der Waals surface area contributed by atoms with Crippen LogP contribution in [0.5, 0.6) is 0 Å². The molecular formula is C12H10ClNO3. The highest BCUT2D eigenvalue weighted by Gasteiger charge is 2.14. The molecule has 2 rings (SSSR count).